The molecule has 0 spiro atoms. The van der Waals surface area contributed by atoms with Gasteiger partial charge in [-0.15, -0.1) is 0 Å². The Morgan fingerprint density at radius 3 is 2.77 bits per heavy atom. The molecule has 0 saturated carbocycles. The minimum atomic E-state index is -1.33. The first-order valence-corrected chi connectivity index (χ1v) is 7.34. The summed E-state index contributed by atoms with van der Waals surface area (Å²) in [4.78, 5) is 17.3. The van der Waals surface area contributed by atoms with Crippen LogP contribution in [0.4, 0.5) is 4.39 Å². The lowest BCUT2D eigenvalue weighted by atomic mass is 9.75. The largest absolute Gasteiger partial charge is 0.388 e. The highest BCUT2D eigenvalue weighted by atomic mass is 19.1. The van der Waals surface area contributed by atoms with Gasteiger partial charge in [0.15, 0.2) is 0 Å². The van der Waals surface area contributed by atoms with Gasteiger partial charge in [0.2, 0.25) is 11.9 Å². The zero-order valence-electron chi connectivity index (χ0n) is 12.4. The predicted molar refractivity (Wildman–Crippen MR) is 76.3 cm³/mol. The van der Waals surface area contributed by atoms with Gasteiger partial charge >= 0.3 is 0 Å². The molecule has 7 heteroatoms. The third-order valence-corrected chi connectivity index (χ3v) is 4.51. The molecule has 1 aliphatic heterocycles. The van der Waals surface area contributed by atoms with Crippen LogP contribution in [0.1, 0.15) is 36.9 Å². The average Bonchev–Trinajstić information content (AvgIpc) is 2.37. The summed E-state index contributed by atoms with van der Waals surface area (Å²) in [5, 5.41) is 20.7. The van der Waals surface area contributed by atoms with Gasteiger partial charge < -0.3 is 15.9 Å². The van der Waals surface area contributed by atoms with Crippen molar-refractivity contribution in [2.24, 2.45) is 5.73 Å². The van der Waals surface area contributed by atoms with Gasteiger partial charge in [-0.05, 0) is 31.4 Å². The lowest BCUT2D eigenvalue weighted by molar-refractivity contribution is -0.126. The molecule has 22 heavy (non-hydrogen) atoms. The van der Waals surface area contributed by atoms with Crippen molar-refractivity contribution in [1.29, 1.82) is 0 Å². The van der Waals surface area contributed by atoms with Gasteiger partial charge in [0.05, 0.1) is 17.2 Å². The van der Waals surface area contributed by atoms with Gasteiger partial charge in [-0.3, -0.25) is 9.69 Å². The molecule has 1 fully saturated rings. The summed E-state index contributed by atoms with van der Waals surface area (Å²) < 4.78 is 13.5. The van der Waals surface area contributed by atoms with Gasteiger partial charge in [0.1, 0.15) is 5.60 Å². The molecule has 2 atom stereocenters. The number of nitrogens with two attached hydrogens (primary N) is 1. The maximum atomic E-state index is 13.5. The number of aromatic nitrogens is 1. The molecule has 6 nitrogen and oxygen atoms in total. The third kappa shape index (κ3) is 2.60. The van der Waals surface area contributed by atoms with Crippen molar-refractivity contribution in [3.05, 3.63) is 29.3 Å². The molecule has 120 valence electrons. The fourth-order valence-electron chi connectivity index (χ4n) is 3.61. The van der Waals surface area contributed by atoms with E-state index in [0.29, 0.717) is 25.1 Å². The number of pyridine rings is 1. The number of nitrogens with zero attached hydrogens (tertiary/aromatic N) is 2. The quantitative estimate of drug-likeness (QED) is 0.674. The minimum Gasteiger partial charge on any atom is -0.388 e. The number of primary amides is 1. The number of carbonyl (C=O) groups is 1. The fourth-order valence-corrected chi connectivity index (χ4v) is 3.61. The number of carbonyl (C=O) groups excluding carboxylic acids is 1. The monoisotopic (exact) mass is 309 g/mol. The Morgan fingerprint density at radius 2 is 2.18 bits per heavy atom. The van der Waals surface area contributed by atoms with Crippen molar-refractivity contribution >= 4 is 5.91 Å². The van der Waals surface area contributed by atoms with Crippen LogP contribution in [0.3, 0.4) is 0 Å². The summed E-state index contributed by atoms with van der Waals surface area (Å²) in [5.74, 6) is -1.75. The second-order valence-electron chi connectivity index (χ2n) is 6.74. The molecule has 2 unspecified atom stereocenters. The predicted octanol–water partition coefficient (Wildman–Crippen LogP) is -0.162. The average molecular weight is 309 g/mol. The molecule has 0 radical (unpaired) electrons. The number of likely N-dealkylation sites (tertiary alicyclic amines) is 1. The molecule has 1 aromatic heterocycles. The Labute approximate surface area is 127 Å². The first kappa shape index (κ1) is 15.3. The van der Waals surface area contributed by atoms with E-state index in [1.165, 1.54) is 12.1 Å². The smallest absolute Gasteiger partial charge is 0.225 e. The number of aliphatic hydroxyl groups is 2. The second-order valence-corrected chi connectivity index (χ2v) is 6.74. The van der Waals surface area contributed by atoms with Gasteiger partial charge in [-0.25, -0.2) is 4.98 Å². The van der Waals surface area contributed by atoms with Crippen LogP contribution >= 0.6 is 0 Å². The maximum Gasteiger partial charge on any atom is 0.225 e. The van der Waals surface area contributed by atoms with Crippen molar-refractivity contribution in [3.63, 3.8) is 0 Å². The standard InChI is InChI=1S/C15H20FN3O3/c1-14(21)6-19(7-14)8-15(22)5-4-10(13(17)20)9-2-3-11(16)18-12(9)15/h2-3,10,21-22H,4-8H2,1H3,(H2,17,20). The highest BCUT2D eigenvalue weighted by molar-refractivity contribution is 5.82. The normalized spacial score (nSPS) is 30.5. The van der Waals surface area contributed by atoms with Gasteiger partial charge in [0.25, 0.3) is 0 Å². The number of fused-ring (bicyclic) bond motifs is 1. The fraction of sp³-hybridized carbons (Fsp3) is 0.600. The van der Waals surface area contributed by atoms with E-state index in [4.69, 9.17) is 5.73 Å². The molecular weight excluding hydrogens is 289 g/mol. The number of hydrogen-bond acceptors (Lipinski definition) is 5. The molecule has 2 aliphatic rings. The molecule has 0 bridgehead atoms. The lowest BCUT2D eigenvalue weighted by Gasteiger charge is -2.48. The van der Waals surface area contributed by atoms with Crippen LogP contribution in [-0.2, 0) is 10.4 Å². The van der Waals surface area contributed by atoms with Crippen LogP contribution in [0.25, 0.3) is 0 Å². The summed E-state index contributed by atoms with van der Waals surface area (Å²) in [6.07, 6.45) is 0.680. The summed E-state index contributed by atoms with van der Waals surface area (Å²) in [5.41, 5.74) is 4.00. The summed E-state index contributed by atoms with van der Waals surface area (Å²) in [6, 6.07) is 2.65. The van der Waals surface area contributed by atoms with Crippen molar-refractivity contribution < 1.29 is 19.4 Å². The molecule has 2 heterocycles. The zero-order chi connectivity index (χ0) is 16.1. The third-order valence-electron chi connectivity index (χ3n) is 4.51. The highest BCUT2D eigenvalue weighted by Crippen LogP contribution is 2.41. The van der Waals surface area contributed by atoms with Crippen molar-refractivity contribution in [2.75, 3.05) is 19.6 Å². The van der Waals surface area contributed by atoms with Crippen LogP contribution in [0, 0.1) is 5.95 Å². The van der Waals surface area contributed by atoms with E-state index in [1.54, 1.807) is 6.92 Å². The Bertz CT molecular complexity index is 614. The van der Waals surface area contributed by atoms with Crippen LogP contribution in [0.15, 0.2) is 12.1 Å². The second kappa shape index (κ2) is 4.97. The van der Waals surface area contributed by atoms with E-state index in [-0.39, 0.29) is 18.7 Å². The molecule has 4 N–H and O–H groups in total. The molecule has 1 saturated heterocycles. The minimum absolute atomic E-state index is 0.189. The Morgan fingerprint density at radius 1 is 1.50 bits per heavy atom. The molecule has 1 aliphatic carbocycles. The lowest BCUT2D eigenvalue weighted by Crippen LogP contribution is -2.63. The molecular formula is C15H20FN3O3. The van der Waals surface area contributed by atoms with Gasteiger partial charge in [0, 0.05) is 19.6 Å². The topological polar surface area (TPSA) is 99.7 Å². The molecule has 0 aromatic carbocycles. The summed E-state index contributed by atoms with van der Waals surface area (Å²) in [6.45, 7) is 2.86. The van der Waals surface area contributed by atoms with Crippen LogP contribution < -0.4 is 5.73 Å². The van der Waals surface area contributed by atoms with Crippen LogP contribution in [0.5, 0.6) is 0 Å². The van der Waals surface area contributed by atoms with Gasteiger partial charge in [-0.1, -0.05) is 6.07 Å². The molecule has 1 amide bonds. The van der Waals surface area contributed by atoms with Crippen LogP contribution in [-0.4, -0.2) is 51.2 Å². The number of amides is 1. The Hall–Kier alpha value is -1.57. The summed E-state index contributed by atoms with van der Waals surface area (Å²) in [7, 11) is 0. The highest BCUT2D eigenvalue weighted by Gasteiger charge is 2.46. The van der Waals surface area contributed by atoms with Crippen molar-refractivity contribution in [2.45, 2.75) is 36.9 Å². The van der Waals surface area contributed by atoms with E-state index < -0.39 is 29.0 Å². The van der Waals surface area contributed by atoms with E-state index in [0.717, 1.165) is 0 Å². The maximum absolute atomic E-state index is 13.5. The first-order chi connectivity index (χ1) is 10.2. The van der Waals surface area contributed by atoms with E-state index >= 15 is 0 Å². The summed E-state index contributed by atoms with van der Waals surface area (Å²) >= 11 is 0. The van der Waals surface area contributed by atoms with Crippen molar-refractivity contribution in [3.8, 4) is 0 Å². The SMILES string of the molecule is CC1(O)CN(CC2(O)CCC(C(N)=O)c3ccc(F)nc32)C1. The van der Waals surface area contributed by atoms with E-state index in [1.807, 2.05) is 4.90 Å². The molecule has 3 rings (SSSR count). The van der Waals surface area contributed by atoms with E-state index in [2.05, 4.69) is 4.98 Å². The zero-order valence-corrected chi connectivity index (χ0v) is 12.4. The number of halogens is 1. The van der Waals surface area contributed by atoms with Crippen molar-refractivity contribution in [1.82, 2.24) is 9.88 Å². The number of hydrogen-bond donors (Lipinski definition) is 3. The van der Waals surface area contributed by atoms with E-state index in [9.17, 15) is 19.4 Å². The Kier molecular flexibility index (Phi) is 3.47. The van der Waals surface area contributed by atoms with Crippen LogP contribution in [0.2, 0.25) is 0 Å². The number of β-amino-alcohol motifs (C(OH)–C–C–N with tert-alkyl or cyclic N) is 2. The first-order valence-electron chi connectivity index (χ1n) is 7.34. The van der Waals surface area contributed by atoms with Gasteiger partial charge in [-0.2, -0.15) is 4.39 Å². The molecule has 1 aromatic rings. The number of rotatable bonds is 3. The Balaban J connectivity index is 1.91.